The molecule has 2 aromatic carbocycles. The van der Waals surface area contributed by atoms with Gasteiger partial charge in [0.05, 0.1) is 11.1 Å². The molecule has 0 fully saturated rings. The van der Waals surface area contributed by atoms with E-state index in [1.54, 1.807) is 0 Å². The van der Waals surface area contributed by atoms with Crippen LogP contribution in [0.25, 0.3) is 22.2 Å². The molecule has 168 valence electrons. The lowest BCUT2D eigenvalue weighted by Gasteiger charge is -2.18. The summed E-state index contributed by atoms with van der Waals surface area (Å²) in [5.41, 5.74) is 10.8. The molecule has 6 N–H and O–H groups in total. The van der Waals surface area contributed by atoms with Gasteiger partial charge in [-0.2, -0.15) is 5.10 Å². The van der Waals surface area contributed by atoms with Crippen molar-refractivity contribution in [2.24, 2.45) is 0 Å². The molecule has 1 amide bonds. The van der Waals surface area contributed by atoms with Gasteiger partial charge < -0.3 is 26.0 Å². The van der Waals surface area contributed by atoms with Crippen molar-refractivity contribution in [3.63, 3.8) is 0 Å². The van der Waals surface area contributed by atoms with E-state index in [4.69, 9.17) is 10.5 Å². The molecular formula is C23H22N6O4. The van der Waals surface area contributed by atoms with Crippen molar-refractivity contribution in [2.45, 2.75) is 18.1 Å². The lowest BCUT2D eigenvalue weighted by atomic mass is 9.98. The number of carbonyl (C=O) groups excluding carboxylic acids is 1. The van der Waals surface area contributed by atoms with Gasteiger partial charge in [-0.05, 0) is 22.3 Å². The van der Waals surface area contributed by atoms with E-state index in [-0.39, 0.29) is 36.2 Å². The van der Waals surface area contributed by atoms with Gasteiger partial charge in [-0.1, -0.05) is 48.5 Å². The normalized spacial score (nSPS) is 14.5. The summed E-state index contributed by atoms with van der Waals surface area (Å²) in [7, 11) is 0. The Balaban J connectivity index is 1.21. The predicted octanol–water partition coefficient (Wildman–Crippen LogP) is 1.87. The number of rotatable bonds is 6. The molecule has 10 nitrogen and oxygen atoms in total. The largest absolute Gasteiger partial charge is 0.449 e. The quantitative estimate of drug-likeness (QED) is 0.300. The maximum Gasteiger partial charge on any atom is 0.407 e. The Morgan fingerprint density at radius 2 is 1.76 bits per heavy atom. The zero-order valence-corrected chi connectivity index (χ0v) is 17.5. The van der Waals surface area contributed by atoms with Crippen molar-refractivity contribution >= 4 is 22.9 Å². The Labute approximate surface area is 188 Å². The van der Waals surface area contributed by atoms with Crippen LogP contribution in [0.5, 0.6) is 0 Å². The minimum absolute atomic E-state index is 0.0713. The van der Waals surface area contributed by atoms with Gasteiger partial charge in [-0.15, -0.1) is 0 Å². The number of nitrogens with two attached hydrogens (primary N) is 1. The molecule has 0 aliphatic heterocycles. The number of alkyl carbamates (subject to hydrolysis) is 1. The summed E-state index contributed by atoms with van der Waals surface area (Å²) in [6.45, 7) is -0.0937. The van der Waals surface area contributed by atoms with Crippen LogP contribution in [-0.2, 0) is 4.74 Å². The number of aromatic amines is 1. The zero-order valence-electron chi connectivity index (χ0n) is 17.5. The van der Waals surface area contributed by atoms with Crippen LogP contribution in [0.3, 0.4) is 0 Å². The standard InChI is InChI=1S/C23H22N6O4/c24-21-18-19(28-29-22(18)27-11-26-21)20(31)17(30)9-25-23(32)33-10-16-14-7-3-1-5-12(14)13-6-2-4-8-15(13)16/h1-8,11,16-17,20,30-31H,9-10H2,(H,25,32)(H3,24,26,27,28,29). The number of aliphatic hydroxyl groups is 2. The number of hydrogen-bond donors (Lipinski definition) is 5. The zero-order chi connectivity index (χ0) is 22.9. The van der Waals surface area contributed by atoms with Gasteiger partial charge in [0.1, 0.15) is 31.0 Å². The van der Waals surface area contributed by atoms with Crippen LogP contribution in [0.2, 0.25) is 0 Å². The third-order valence-corrected chi connectivity index (χ3v) is 5.87. The van der Waals surface area contributed by atoms with Crippen molar-refractivity contribution in [3.8, 4) is 11.1 Å². The highest BCUT2D eigenvalue weighted by Gasteiger charge is 2.29. The Bertz CT molecular complexity index is 1280. The van der Waals surface area contributed by atoms with Crippen molar-refractivity contribution in [1.82, 2.24) is 25.5 Å². The fourth-order valence-corrected chi connectivity index (χ4v) is 4.26. The number of nitrogen functional groups attached to an aromatic ring is 1. The van der Waals surface area contributed by atoms with Gasteiger partial charge in [0.25, 0.3) is 0 Å². The number of carbonyl (C=O) groups is 1. The molecule has 0 radical (unpaired) electrons. The Morgan fingerprint density at radius 3 is 2.45 bits per heavy atom. The third kappa shape index (κ3) is 3.75. The maximum atomic E-state index is 12.3. The lowest BCUT2D eigenvalue weighted by Crippen LogP contribution is -2.36. The van der Waals surface area contributed by atoms with E-state index in [2.05, 4.69) is 37.6 Å². The van der Waals surface area contributed by atoms with Gasteiger partial charge in [-0.25, -0.2) is 14.8 Å². The van der Waals surface area contributed by atoms with Crippen LogP contribution in [0.15, 0.2) is 54.9 Å². The first-order valence-electron chi connectivity index (χ1n) is 10.4. The molecule has 2 atom stereocenters. The van der Waals surface area contributed by atoms with Crippen molar-refractivity contribution in [3.05, 3.63) is 71.7 Å². The molecular weight excluding hydrogens is 424 g/mol. The molecule has 33 heavy (non-hydrogen) atoms. The van der Waals surface area contributed by atoms with Crippen LogP contribution < -0.4 is 11.1 Å². The molecule has 1 aliphatic carbocycles. The van der Waals surface area contributed by atoms with E-state index in [0.29, 0.717) is 5.39 Å². The molecule has 2 unspecified atom stereocenters. The summed E-state index contributed by atoms with van der Waals surface area (Å²) >= 11 is 0. The molecule has 2 aromatic heterocycles. The molecule has 0 bridgehead atoms. The second-order valence-electron chi connectivity index (χ2n) is 7.81. The van der Waals surface area contributed by atoms with Gasteiger partial charge in [0.2, 0.25) is 0 Å². The number of benzene rings is 2. The molecule has 5 rings (SSSR count). The van der Waals surface area contributed by atoms with Crippen LogP contribution in [0, 0.1) is 0 Å². The summed E-state index contributed by atoms with van der Waals surface area (Å²) in [5, 5.41) is 30.3. The summed E-state index contributed by atoms with van der Waals surface area (Å²) in [5.74, 6) is 0.0532. The summed E-state index contributed by atoms with van der Waals surface area (Å²) < 4.78 is 5.45. The summed E-state index contributed by atoms with van der Waals surface area (Å²) in [6.07, 6.45) is -2.17. The van der Waals surface area contributed by atoms with Crippen LogP contribution in [0.1, 0.15) is 28.8 Å². The molecule has 10 heteroatoms. The number of amides is 1. The van der Waals surface area contributed by atoms with Gasteiger partial charge in [0, 0.05) is 12.5 Å². The van der Waals surface area contributed by atoms with Crippen molar-refractivity contribution in [1.29, 1.82) is 0 Å². The molecule has 0 spiro atoms. The molecule has 1 aliphatic rings. The second-order valence-corrected chi connectivity index (χ2v) is 7.81. The molecule has 0 saturated heterocycles. The first-order chi connectivity index (χ1) is 16.0. The number of anilines is 1. The number of fused-ring (bicyclic) bond motifs is 4. The van der Waals surface area contributed by atoms with E-state index < -0.39 is 18.3 Å². The number of nitrogens with zero attached hydrogens (tertiary/aromatic N) is 3. The fraction of sp³-hybridized carbons (Fsp3) is 0.217. The highest BCUT2D eigenvalue weighted by atomic mass is 16.5. The average molecular weight is 446 g/mol. The third-order valence-electron chi connectivity index (χ3n) is 5.87. The van der Waals surface area contributed by atoms with Crippen molar-refractivity contribution < 1.29 is 19.7 Å². The van der Waals surface area contributed by atoms with Crippen LogP contribution >= 0.6 is 0 Å². The van der Waals surface area contributed by atoms with Crippen LogP contribution in [0.4, 0.5) is 10.6 Å². The summed E-state index contributed by atoms with van der Waals surface area (Å²) in [4.78, 5) is 20.1. The number of hydrogen-bond acceptors (Lipinski definition) is 8. The Kier molecular flexibility index (Phi) is 5.37. The number of H-pyrrole nitrogens is 1. The van der Waals surface area contributed by atoms with E-state index in [9.17, 15) is 15.0 Å². The number of aliphatic hydroxyl groups excluding tert-OH is 2. The van der Waals surface area contributed by atoms with Gasteiger partial charge in [-0.3, -0.25) is 5.10 Å². The van der Waals surface area contributed by atoms with Gasteiger partial charge >= 0.3 is 6.09 Å². The van der Waals surface area contributed by atoms with Crippen LogP contribution in [-0.4, -0.2) is 55.7 Å². The topological polar surface area (TPSA) is 159 Å². The summed E-state index contributed by atoms with van der Waals surface area (Å²) in [6, 6.07) is 16.1. The first-order valence-corrected chi connectivity index (χ1v) is 10.4. The second kappa shape index (κ2) is 8.49. The minimum Gasteiger partial charge on any atom is -0.449 e. The lowest BCUT2D eigenvalue weighted by molar-refractivity contribution is 0.0168. The molecule has 0 saturated carbocycles. The number of nitrogens with one attached hydrogen (secondary N) is 2. The monoisotopic (exact) mass is 446 g/mol. The smallest absolute Gasteiger partial charge is 0.407 e. The number of aromatic nitrogens is 4. The number of ether oxygens (including phenoxy) is 1. The highest BCUT2D eigenvalue weighted by Crippen LogP contribution is 2.44. The predicted molar refractivity (Wildman–Crippen MR) is 120 cm³/mol. The fourth-order valence-electron chi connectivity index (χ4n) is 4.26. The maximum absolute atomic E-state index is 12.3. The first kappa shape index (κ1) is 20.9. The van der Waals surface area contributed by atoms with E-state index in [0.717, 1.165) is 22.3 Å². The molecule has 2 heterocycles. The SMILES string of the molecule is Nc1ncnc2n[nH]c(C(O)C(O)CNC(=O)OCC3c4ccccc4-c4ccccc43)c12. The Hall–Kier alpha value is -4.02. The Morgan fingerprint density at radius 1 is 1.09 bits per heavy atom. The van der Waals surface area contributed by atoms with E-state index >= 15 is 0 Å². The average Bonchev–Trinajstić information content (AvgIpc) is 3.41. The van der Waals surface area contributed by atoms with Gasteiger partial charge in [0.15, 0.2) is 5.65 Å². The molecule has 4 aromatic rings. The van der Waals surface area contributed by atoms with E-state index in [1.807, 2.05) is 36.4 Å². The minimum atomic E-state index is -1.39. The van der Waals surface area contributed by atoms with Crippen molar-refractivity contribution in [2.75, 3.05) is 18.9 Å². The van der Waals surface area contributed by atoms with E-state index in [1.165, 1.54) is 6.33 Å². The highest BCUT2D eigenvalue weighted by molar-refractivity contribution is 5.87.